The van der Waals surface area contributed by atoms with E-state index in [0.29, 0.717) is 0 Å². The first kappa shape index (κ1) is 17.6. The minimum Gasteiger partial charge on any atom is -0.463 e. The smallest absolute Gasteiger partial charge is 0.435 e. The Kier molecular flexibility index (Phi) is 6.14. The van der Waals surface area contributed by atoms with Gasteiger partial charge in [-0.15, -0.1) is 22.4 Å². The van der Waals surface area contributed by atoms with E-state index in [4.69, 9.17) is 9.02 Å². The molecule has 0 aliphatic carbocycles. The van der Waals surface area contributed by atoms with E-state index in [1.807, 2.05) is 22.4 Å². The van der Waals surface area contributed by atoms with Crippen LogP contribution in [0.15, 0.2) is 0 Å². The Bertz CT molecular complexity index is 415. The highest BCUT2D eigenvalue weighted by molar-refractivity contribution is 14.1. The summed E-state index contributed by atoms with van der Waals surface area (Å²) in [5.74, 6) is -2.31. The summed E-state index contributed by atoms with van der Waals surface area (Å²) in [6.45, 7) is 5.12. The standard InChI is InChI=1S/C10H15BINO6S/c1-10(2,3)18-9(16)13-5-6(11(12)20-19-13)7(14)8(15)17-4/h6H,5H2,1-4H3. The normalized spacial score (nSPS) is 19.6. The number of rotatable bonds is 2. The zero-order chi connectivity index (χ0) is 15.5. The SMILES string of the molecule is COC(=O)C(=O)C1CN(C(=O)OC(C)(C)C)OSB1I. The van der Waals surface area contributed by atoms with Crippen LogP contribution in [0.3, 0.4) is 0 Å². The second-order valence-electron chi connectivity index (χ2n) is 5.03. The number of Topliss-reactive ketones (excluding diaryl/α,β-unsaturated/α-hetero) is 1. The molecule has 1 amide bonds. The van der Waals surface area contributed by atoms with Crippen LogP contribution in [0.5, 0.6) is 0 Å². The number of esters is 1. The van der Waals surface area contributed by atoms with Gasteiger partial charge in [-0.1, -0.05) is 0 Å². The molecule has 0 radical (unpaired) electrons. The van der Waals surface area contributed by atoms with Crippen molar-refractivity contribution in [2.24, 2.45) is 0 Å². The first-order chi connectivity index (χ1) is 9.15. The number of hydrogen-bond acceptors (Lipinski definition) is 7. The highest BCUT2D eigenvalue weighted by Crippen LogP contribution is 2.35. The monoisotopic (exact) mass is 415 g/mol. The van der Waals surface area contributed by atoms with Gasteiger partial charge in [0.05, 0.1) is 19.5 Å². The summed E-state index contributed by atoms with van der Waals surface area (Å²) in [4.78, 5) is 35.0. The summed E-state index contributed by atoms with van der Waals surface area (Å²) < 4.78 is 14.4. The Morgan fingerprint density at radius 3 is 2.50 bits per heavy atom. The molecule has 1 atom stereocenters. The molecule has 0 spiro atoms. The largest absolute Gasteiger partial charge is 0.463 e. The number of halogens is 1. The molecule has 1 heterocycles. The van der Waals surface area contributed by atoms with E-state index in [0.717, 1.165) is 24.1 Å². The predicted molar refractivity (Wildman–Crippen MR) is 82.2 cm³/mol. The second kappa shape index (κ2) is 6.99. The third kappa shape index (κ3) is 4.81. The molecule has 0 aromatic rings. The van der Waals surface area contributed by atoms with Gasteiger partial charge in [-0.25, -0.2) is 13.9 Å². The van der Waals surface area contributed by atoms with Gasteiger partial charge in [-0.2, -0.15) is 5.06 Å². The van der Waals surface area contributed by atoms with Crippen molar-refractivity contribution in [1.29, 1.82) is 0 Å². The van der Waals surface area contributed by atoms with Crippen molar-refractivity contribution in [3.63, 3.8) is 0 Å². The lowest BCUT2D eigenvalue weighted by molar-refractivity contribution is -0.152. The van der Waals surface area contributed by atoms with Gasteiger partial charge in [-0.05, 0) is 32.7 Å². The number of amides is 1. The molecule has 1 aliphatic heterocycles. The van der Waals surface area contributed by atoms with Crippen molar-refractivity contribution in [1.82, 2.24) is 5.06 Å². The molecule has 0 bridgehead atoms. The van der Waals surface area contributed by atoms with Gasteiger partial charge in [-0.3, -0.25) is 4.79 Å². The van der Waals surface area contributed by atoms with E-state index < -0.39 is 29.3 Å². The van der Waals surface area contributed by atoms with E-state index in [1.54, 1.807) is 20.8 Å². The van der Waals surface area contributed by atoms with E-state index in [2.05, 4.69) is 4.74 Å². The molecule has 0 aromatic carbocycles. The van der Waals surface area contributed by atoms with Crippen molar-refractivity contribution >= 4 is 56.0 Å². The molecule has 20 heavy (non-hydrogen) atoms. The molecule has 1 aliphatic rings. The van der Waals surface area contributed by atoms with E-state index in [-0.39, 0.29) is 10.4 Å². The summed E-state index contributed by atoms with van der Waals surface area (Å²) in [7, 11) is 1.14. The van der Waals surface area contributed by atoms with E-state index in [1.165, 1.54) is 0 Å². The first-order valence-corrected chi connectivity index (χ1v) is 7.81. The van der Waals surface area contributed by atoms with Gasteiger partial charge < -0.3 is 9.47 Å². The first-order valence-electron chi connectivity index (χ1n) is 5.76. The van der Waals surface area contributed by atoms with E-state index in [9.17, 15) is 14.4 Å². The quantitative estimate of drug-likeness (QED) is 0.224. The van der Waals surface area contributed by atoms with Crippen LogP contribution in [0.1, 0.15) is 20.8 Å². The molecule has 1 unspecified atom stereocenters. The summed E-state index contributed by atoms with van der Waals surface area (Å²) in [6, 6.07) is 0. The fourth-order valence-corrected chi connectivity index (χ4v) is 2.81. The van der Waals surface area contributed by atoms with Gasteiger partial charge in [0.1, 0.15) is 5.60 Å². The Hall–Kier alpha value is -0.485. The van der Waals surface area contributed by atoms with Crippen LogP contribution in [0.25, 0.3) is 0 Å². The number of hydroxylamine groups is 2. The molecule has 0 N–H and O–H groups in total. The minimum absolute atomic E-state index is 0.0521. The minimum atomic E-state index is -0.927. The van der Waals surface area contributed by atoms with Gasteiger partial charge in [0.2, 0.25) is 5.78 Å². The van der Waals surface area contributed by atoms with Gasteiger partial charge in [0.25, 0.3) is 0 Å². The number of hydrogen-bond donors (Lipinski definition) is 0. The fourth-order valence-electron chi connectivity index (χ4n) is 1.32. The van der Waals surface area contributed by atoms with Crippen LogP contribution in [0.4, 0.5) is 4.79 Å². The summed E-state index contributed by atoms with van der Waals surface area (Å²) in [5.41, 5.74) is -0.672. The molecule has 112 valence electrons. The lowest BCUT2D eigenvalue weighted by Crippen LogP contribution is -2.45. The molecular weight excluding hydrogens is 400 g/mol. The molecule has 0 saturated carbocycles. The maximum Gasteiger partial charge on any atom is 0.435 e. The molecule has 7 nitrogen and oxygen atoms in total. The number of ketones is 1. The zero-order valence-electron chi connectivity index (χ0n) is 11.5. The van der Waals surface area contributed by atoms with Crippen LogP contribution in [0.2, 0.25) is 5.82 Å². The molecule has 1 saturated heterocycles. The van der Waals surface area contributed by atoms with Crippen molar-refractivity contribution in [3.05, 3.63) is 0 Å². The average molecular weight is 415 g/mol. The Balaban J connectivity index is 2.73. The number of carbonyl (C=O) groups excluding carboxylic acids is 3. The lowest BCUT2D eigenvalue weighted by atomic mass is 9.81. The lowest BCUT2D eigenvalue weighted by Gasteiger charge is -2.32. The van der Waals surface area contributed by atoms with Crippen LogP contribution in [0, 0.1) is 0 Å². The second-order valence-corrected chi connectivity index (χ2v) is 8.06. The molecule has 10 heteroatoms. The summed E-state index contributed by atoms with van der Waals surface area (Å²) in [6.07, 6.45) is -0.698. The van der Waals surface area contributed by atoms with Crippen LogP contribution >= 0.6 is 34.3 Å². The molecular formula is C10H15BINO6S. The predicted octanol–water partition coefficient (Wildman–Crippen LogP) is 1.85. The van der Waals surface area contributed by atoms with Crippen molar-refractivity contribution in [2.45, 2.75) is 32.2 Å². The van der Waals surface area contributed by atoms with Crippen LogP contribution in [-0.4, -0.2) is 46.0 Å². The van der Waals surface area contributed by atoms with Crippen molar-refractivity contribution < 1.29 is 28.1 Å². The fraction of sp³-hybridized carbons (Fsp3) is 0.700. The van der Waals surface area contributed by atoms with E-state index >= 15 is 0 Å². The number of ether oxygens (including phenoxy) is 2. The number of methoxy groups -OCH3 is 1. The zero-order valence-corrected chi connectivity index (χ0v) is 14.5. The Morgan fingerprint density at radius 1 is 1.40 bits per heavy atom. The van der Waals surface area contributed by atoms with Crippen LogP contribution in [-0.2, 0) is 23.3 Å². The highest BCUT2D eigenvalue weighted by atomic mass is 127. The maximum absolute atomic E-state index is 11.9. The molecule has 1 rings (SSSR count). The summed E-state index contributed by atoms with van der Waals surface area (Å²) in [5, 5.41) is 0.941. The van der Waals surface area contributed by atoms with Crippen LogP contribution < -0.4 is 0 Å². The molecule has 0 aromatic heterocycles. The topological polar surface area (TPSA) is 82.1 Å². The van der Waals surface area contributed by atoms with Crippen molar-refractivity contribution in [3.8, 4) is 0 Å². The Labute approximate surface area is 135 Å². The number of carbonyl (C=O) groups is 3. The van der Waals surface area contributed by atoms with Gasteiger partial charge in [0, 0.05) is 0 Å². The van der Waals surface area contributed by atoms with Gasteiger partial charge >= 0.3 is 15.9 Å². The molecule has 1 fully saturated rings. The third-order valence-electron chi connectivity index (χ3n) is 2.22. The Morgan fingerprint density at radius 2 is 2.00 bits per heavy atom. The third-order valence-corrected chi connectivity index (χ3v) is 4.49. The summed E-state index contributed by atoms with van der Waals surface area (Å²) >= 11 is 2.90. The number of nitrogens with zero attached hydrogens (tertiary/aromatic N) is 1. The maximum atomic E-state index is 11.9. The van der Waals surface area contributed by atoms with Gasteiger partial charge in [0.15, 0.2) is 0 Å². The highest BCUT2D eigenvalue weighted by Gasteiger charge is 2.43. The average Bonchev–Trinajstić information content (AvgIpc) is 2.35. The van der Waals surface area contributed by atoms with Crippen molar-refractivity contribution in [2.75, 3.05) is 13.7 Å².